The Bertz CT molecular complexity index is 294. The monoisotopic (exact) mass is 222 g/mol. The van der Waals surface area contributed by atoms with E-state index in [4.69, 9.17) is 18.0 Å². The van der Waals surface area contributed by atoms with E-state index in [0.29, 0.717) is 13.1 Å². The standard InChI is InChI=1S/C7H14N2O2S2/c1-5-3-9(7(8)12)4-6(2)13(5,10)11/h5-6H,3-4H2,1-2H3,(H2,8,12). The highest BCUT2D eigenvalue weighted by Crippen LogP contribution is 2.17. The summed E-state index contributed by atoms with van der Waals surface area (Å²) in [6.45, 7) is 4.22. The molecule has 4 nitrogen and oxygen atoms in total. The Labute approximate surface area is 84.0 Å². The highest BCUT2D eigenvalue weighted by molar-refractivity contribution is 7.92. The lowest BCUT2D eigenvalue weighted by Crippen LogP contribution is -2.53. The average molecular weight is 222 g/mol. The van der Waals surface area contributed by atoms with Crippen LogP contribution in [-0.4, -0.2) is 42.0 Å². The second-order valence-corrected chi connectivity index (χ2v) is 6.66. The molecule has 0 saturated carbocycles. The van der Waals surface area contributed by atoms with Gasteiger partial charge in [-0.2, -0.15) is 0 Å². The van der Waals surface area contributed by atoms with E-state index in [1.165, 1.54) is 0 Å². The summed E-state index contributed by atoms with van der Waals surface area (Å²) in [7, 11) is -2.96. The van der Waals surface area contributed by atoms with Crippen molar-refractivity contribution in [2.75, 3.05) is 13.1 Å². The largest absolute Gasteiger partial charge is 0.376 e. The molecule has 0 radical (unpaired) electrons. The number of nitrogens with two attached hydrogens (primary N) is 1. The Balaban J connectivity index is 2.85. The van der Waals surface area contributed by atoms with Gasteiger partial charge >= 0.3 is 0 Å². The minimum Gasteiger partial charge on any atom is -0.376 e. The SMILES string of the molecule is CC1CN(C(N)=S)CC(C)S1(=O)=O. The Hall–Kier alpha value is -0.360. The summed E-state index contributed by atoms with van der Waals surface area (Å²) in [6.07, 6.45) is 0. The van der Waals surface area contributed by atoms with E-state index < -0.39 is 9.84 Å². The first-order valence-corrected chi connectivity index (χ1v) is 6.14. The van der Waals surface area contributed by atoms with E-state index in [9.17, 15) is 8.42 Å². The van der Waals surface area contributed by atoms with Gasteiger partial charge in [0.05, 0.1) is 10.5 Å². The molecule has 0 aromatic carbocycles. The van der Waals surface area contributed by atoms with Gasteiger partial charge < -0.3 is 10.6 Å². The molecular weight excluding hydrogens is 208 g/mol. The van der Waals surface area contributed by atoms with Crippen LogP contribution in [0.3, 0.4) is 0 Å². The average Bonchev–Trinajstić information content (AvgIpc) is 2.00. The molecule has 13 heavy (non-hydrogen) atoms. The third kappa shape index (κ3) is 1.94. The van der Waals surface area contributed by atoms with Crippen molar-refractivity contribution in [3.63, 3.8) is 0 Å². The fourth-order valence-corrected chi connectivity index (χ4v) is 3.20. The van der Waals surface area contributed by atoms with Crippen LogP contribution in [0.5, 0.6) is 0 Å². The molecule has 1 rings (SSSR count). The minimum absolute atomic E-state index is 0.286. The Morgan fingerprint density at radius 3 is 2.08 bits per heavy atom. The zero-order valence-electron chi connectivity index (χ0n) is 7.73. The molecule has 0 amide bonds. The van der Waals surface area contributed by atoms with E-state index in [1.807, 2.05) is 0 Å². The van der Waals surface area contributed by atoms with Crippen LogP contribution in [0.2, 0.25) is 0 Å². The zero-order valence-corrected chi connectivity index (χ0v) is 9.36. The zero-order chi connectivity index (χ0) is 10.2. The van der Waals surface area contributed by atoms with E-state index in [-0.39, 0.29) is 15.6 Å². The van der Waals surface area contributed by atoms with E-state index in [0.717, 1.165) is 0 Å². The molecule has 2 atom stereocenters. The summed E-state index contributed by atoms with van der Waals surface area (Å²) < 4.78 is 23.1. The normalized spacial score (nSPS) is 32.9. The summed E-state index contributed by atoms with van der Waals surface area (Å²) in [5.41, 5.74) is 5.44. The Kier molecular flexibility index (Phi) is 2.82. The molecule has 2 unspecified atom stereocenters. The van der Waals surface area contributed by atoms with Gasteiger partial charge in [-0.15, -0.1) is 0 Å². The fraction of sp³-hybridized carbons (Fsp3) is 0.857. The molecule has 2 N–H and O–H groups in total. The van der Waals surface area contributed by atoms with Gasteiger partial charge in [-0.1, -0.05) is 0 Å². The van der Waals surface area contributed by atoms with Crippen LogP contribution in [0.25, 0.3) is 0 Å². The molecule has 1 saturated heterocycles. The molecule has 1 fully saturated rings. The molecule has 1 heterocycles. The van der Waals surface area contributed by atoms with Crippen molar-refractivity contribution in [2.24, 2.45) is 5.73 Å². The van der Waals surface area contributed by atoms with Crippen molar-refractivity contribution in [1.82, 2.24) is 4.90 Å². The summed E-state index contributed by atoms with van der Waals surface area (Å²) in [5, 5.41) is -0.468. The lowest BCUT2D eigenvalue weighted by atomic mass is 10.3. The summed E-state index contributed by atoms with van der Waals surface area (Å²) in [4.78, 5) is 1.74. The van der Waals surface area contributed by atoms with Crippen molar-refractivity contribution in [1.29, 1.82) is 0 Å². The molecule has 0 spiro atoms. The first kappa shape index (κ1) is 10.7. The van der Waals surface area contributed by atoms with Gasteiger partial charge in [-0.25, -0.2) is 8.42 Å². The summed E-state index contributed by atoms with van der Waals surface area (Å²) in [5.74, 6) is 0. The number of sulfone groups is 1. The Morgan fingerprint density at radius 2 is 1.77 bits per heavy atom. The predicted molar refractivity (Wildman–Crippen MR) is 56.2 cm³/mol. The maximum Gasteiger partial charge on any atom is 0.166 e. The fourth-order valence-electron chi connectivity index (χ4n) is 1.48. The van der Waals surface area contributed by atoms with E-state index in [1.54, 1.807) is 18.7 Å². The number of rotatable bonds is 0. The molecule has 0 bridgehead atoms. The van der Waals surface area contributed by atoms with Gasteiger partial charge in [0.25, 0.3) is 0 Å². The molecule has 6 heteroatoms. The lowest BCUT2D eigenvalue weighted by molar-refractivity contribution is 0.388. The van der Waals surface area contributed by atoms with Gasteiger partial charge in [0.1, 0.15) is 0 Å². The molecule has 0 aromatic rings. The Morgan fingerprint density at radius 1 is 1.38 bits per heavy atom. The molecule has 0 aromatic heterocycles. The second kappa shape index (κ2) is 3.42. The van der Waals surface area contributed by atoms with Gasteiger partial charge in [-0.05, 0) is 26.1 Å². The number of hydrogen-bond acceptors (Lipinski definition) is 3. The molecule has 76 valence electrons. The van der Waals surface area contributed by atoms with Crippen molar-refractivity contribution in [2.45, 2.75) is 24.3 Å². The smallest absolute Gasteiger partial charge is 0.166 e. The second-order valence-electron chi connectivity index (χ2n) is 3.45. The van der Waals surface area contributed by atoms with Gasteiger partial charge in [0.2, 0.25) is 0 Å². The number of hydrogen-bond donors (Lipinski definition) is 1. The predicted octanol–water partition coefficient (Wildman–Crippen LogP) is -0.263. The third-order valence-electron chi connectivity index (χ3n) is 2.39. The maximum atomic E-state index is 11.6. The van der Waals surface area contributed by atoms with Crippen molar-refractivity contribution in [3.05, 3.63) is 0 Å². The summed E-state index contributed by atoms with van der Waals surface area (Å²) >= 11 is 4.81. The first-order valence-electron chi connectivity index (χ1n) is 4.12. The van der Waals surface area contributed by atoms with Crippen LogP contribution in [0, 0.1) is 0 Å². The maximum absolute atomic E-state index is 11.6. The molecule has 0 aliphatic carbocycles. The van der Waals surface area contributed by atoms with E-state index in [2.05, 4.69) is 0 Å². The number of nitrogens with zero attached hydrogens (tertiary/aromatic N) is 1. The van der Waals surface area contributed by atoms with E-state index >= 15 is 0 Å². The summed E-state index contributed by atoms with van der Waals surface area (Å²) in [6, 6.07) is 0. The van der Waals surface area contributed by atoms with Crippen LogP contribution in [0.15, 0.2) is 0 Å². The van der Waals surface area contributed by atoms with Crippen molar-refractivity contribution < 1.29 is 8.42 Å². The minimum atomic E-state index is -2.96. The first-order chi connectivity index (χ1) is 5.85. The number of thiocarbonyl (C=S) groups is 1. The highest BCUT2D eigenvalue weighted by atomic mass is 32.2. The quantitative estimate of drug-likeness (QED) is 0.572. The van der Waals surface area contributed by atoms with Crippen LogP contribution in [-0.2, 0) is 9.84 Å². The molecule has 1 aliphatic heterocycles. The van der Waals surface area contributed by atoms with Crippen LogP contribution < -0.4 is 5.73 Å². The van der Waals surface area contributed by atoms with Crippen molar-refractivity contribution >= 4 is 27.2 Å². The molecule has 1 aliphatic rings. The van der Waals surface area contributed by atoms with Crippen LogP contribution in [0.4, 0.5) is 0 Å². The highest BCUT2D eigenvalue weighted by Gasteiger charge is 2.35. The molecular formula is C7H14N2O2S2. The van der Waals surface area contributed by atoms with Crippen LogP contribution >= 0.6 is 12.2 Å². The van der Waals surface area contributed by atoms with Gasteiger partial charge in [-0.3, -0.25) is 0 Å². The lowest BCUT2D eigenvalue weighted by Gasteiger charge is -2.35. The van der Waals surface area contributed by atoms with Gasteiger partial charge in [0, 0.05) is 13.1 Å². The third-order valence-corrected chi connectivity index (χ3v) is 5.19. The van der Waals surface area contributed by atoms with Crippen molar-refractivity contribution in [3.8, 4) is 0 Å². The topological polar surface area (TPSA) is 63.4 Å². The van der Waals surface area contributed by atoms with Gasteiger partial charge in [0.15, 0.2) is 14.9 Å². The van der Waals surface area contributed by atoms with Crippen LogP contribution in [0.1, 0.15) is 13.8 Å².